The molecule has 3 heterocycles. The van der Waals surface area contributed by atoms with Crippen LogP contribution in [0.1, 0.15) is 53.4 Å². The molecule has 194 valence electrons. The zero-order chi connectivity index (χ0) is 25.0. The highest BCUT2D eigenvalue weighted by molar-refractivity contribution is 7.13. The minimum atomic E-state index is -4.48. The molecule has 6 nitrogen and oxygen atoms in total. The summed E-state index contributed by atoms with van der Waals surface area (Å²) in [7, 11) is 0. The third kappa shape index (κ3) is 7.56. The van der Waals surface area contributed by atoms with Crippen molar-refractivity contribution in [3.05, 3.63) is 26.7 Å². The Balaban J connectivity index is 1.14. The van der Waals surface area contributed by atoms with Crippen molar-refractivity contribution in [2.45, 2.75) is 70.1 Å². The van der Waals surface area contributed by atoms with Gasteiger partial charge in [-0.1, -0.05) is 11.3 Å². The smallest absolute Gasteiger partial charge is 0.443 e. The molecule has 1 N–H and O–H groups in total. The molecular formula is C22H27F5N4O2S2. The molecule has 4 rings (SSSR count). The molecule has 1 fully saturated rings. The second-order valence-electron chi connectivity index (χ2n) is 8.97. The summed E-state index contributed by atoms with van der Waals surface area (Å²) in [5, 5.41) is 3.61. The van der Waals surface area contributed by atoms with Crippen LogP contribution in [0.3, 0.4) is 0 Å². The SMILES string of the molecule is O=C(Cc1csc(C(F)(F)F)n1)NC1CCC(CCN2CCc3sc(OCC(F)F)nc3C2)CC1. The number of fused-ring (bicyclic) bond motifs is 1. The van der Waals surface area contributed by atoms with E-state index >= 15 is 0 Å². The van der Waals surface area contributed by atoms with Gasteiger partial charge in [0.05, 0.1) is 17.8 Å². The van der Waals surface area contributed by atoms with Crippen molar-refractivity contribution in [2.24, 2.45) is 5.92 Å². The van der Waals surface area contributed by atoms with Gasteiger partial charge in [-0.15, -0.1) is 11.3 Å². The minimum absolute atomic E-state index is 0.0404. The molecule has 1 aliphatic heterocycles. The number of halogens is 5. The number of carbonyl (C=O) groups is 1. The lowest BCUT2D eigenvalue weighted by Gasteiger charge is -2.32. The predicted molar refractivity (Wildman–Crippen MR) is 122 cm³/mol. The van der Waals surface area contributed by atoms with Gasteiger partial charge in [0.15, 0.2) is 11.6 Å². The number of aromatic nitrogens is 2. The molecule has 0 saturated heterocycles. The van der Waals surface area contributed by atoms with Gasteiger partial charge in [0.25, 0.3) is 11.6 Å². The third-order valence-corrected chi connectivity index (χ3v) is 8.33. The van der Waals surface area contributed by atoms with Crippen LogP contribution in [0.25, 0.3) is 0 Å². The molecule has 0 atom stereocenters. The van der Waals surface area contributed by atoms with Crippen LogP contribution >= 0.6 is 22.7 Å². The summed E-state index contributed by atoms with van der Waals surface area (Å²) in [5.41, 5.74) is 1.06. The van der Waals surface area contributed by atoms with Crippen LogP contribution in [-0.4, -0.2) is 52.9 Å². The van der Waals surface area contributed by atoms with E-state index in [9.17, 15) is 26.7 Å². The molecular weight excluding hydrogens is 511 g/mol. The van der Waals surface area contributed by atoms with Crippen molar-refractivity contribution in [2.75, 3.05) is 19.7 Å². The van der Waals surface area contributed by atoms with Crippen molar-refractivity contribution in [1.29, 1.82) is 0 Å². The highest BCUT2D eigenvalue weighted by atomic mass is 32.1. The highest BCUT2D eigenvalue weighted by Gasteiger charge is 2.34. The van der Waals surface area contributed by atoms with E-state index < -0.39 is 24.2 Å². The van der Waals surface area contributed by atoms with Crippen LogP contribution in [0, 0.1) is 5.92 Å². The first-order chi connectivity index (χ1) is 16.7. The van der Waals surface area contributed by atoms with E-state index in [0.29, 0.717) is 29.0 Å². The van der Waals surface area contributed by atoms with Gasteiger partial charge in [0.1, 0.15) is 0 Å². The summed E-state index contributed by atoms with van der Waals surface area (Å²) >= 11 is 1.86. The summed E-state index contributed by atoms with van der Waals surface area (Å²) in [6.07, 6.45) is -1.59. The first-order valence-corrected chi connectivity index (χ1v) is 13.3. The maximum Gasteiger partial charge on any atom is 0.443 e. The molecule has 2 aromatic rings. The van der Waals surface area contributed by atoms with Crippen LogP contribution in [-0.2, 0) is 30.4 Å². The average molecular weight is 539 g/mol. The van der Waals surface area contributed by atoms with Gasteiger partial charge < -0.3 is 10.1 Å². The lowest BCUT2D eigenvalue weighted by molar-refractivity contribution is -0.137. The molecule has 1 saturated carbocycles. The molecule has 2 aromatic heterocycles. The average Bonchev–Trinajstić information content (AvgIpc) is 3.43. The number of thiazole rings is 2. The molecule has 1 amide bonds. The first kappa shape index (κ1) is 26.2. The number of hydrogen-bond donors (Lipinski definition) is 1. The highest BCUT2D eigenvalue weighted by Crippen LogP contribution is 2.33. The normalized spacial score (nSPS) is 21.2. The third-order valence-electron chi connectivity index (χ3n) is 6.32. The standard InChI is InChI=1S/C22H27F5N4O2S2/c23-18(24)11-33-21-30-16-10-31(8-6-17(16)35-21)7-5-13-1-3-14(4-2-13)28-19(32)9-15-12-34-20(29-15)22(25,26)27/h12-14,18H,1-11H2,(H,28,32). The van der Waals surface area contributed by atoms with Gasteiger partial charge >= 0.3 is 6.18 Å². The molecule has 0 spiro atoms. The van der Waals surface area contributed by atoms with Crippen molar-refractivity contribution in [3.63, 3.8) is 0 Å². The zero-order valence-electron chi connectivity index (χ0n) is 19.0. The van der Waals surface area contributed by atoms with Crippen LogP contribution < -0.4 is 10.1 Å². The summed E-state index contributed by atoms with van der Waals surface area (Å²) in [6.45, 7) is 1.89. The lowest BCUT2D eigenvalue weighted by atomic mass is 9.84. The number of alkyl halides is 5. The van der Waals surface area contributed by atoms with Gasteiger partial charge in [-0.2, -0.15) is 13.2 Å². The van der Waals surface area contributed by atoms with Gasteiger partial charge in [0.2, 0.25) is 5.91 Å². The monoisotopic (exact) mass is 538 g/mol. The fourth-order valence-electron chi connectivity index (χ4n) is 4.54. The quantitative estimate of drug-likeness (QED) is 0.459. The summed E-state index contributed by atoms with van der Waals surface area (Å²) in [4.78, 5) is 23.6. The van der Waals surface area contributed by atoms with Crippen LogP contribution in [0.5, 0.6) is 5.19 Å². The van der Waals surface area contributed by atoms with E-state index in [4.69, 9.17) is 4.74 Å². The van der Waals surface area contributed by atoms with Crippen molar-refractivity contribution < 1.29 is 31.5 Å². The molecule has 0 bridgehead atoms. The number of hydrogen-bond acceptors (Lipinski definition) is 7. The Labute approximate surface area is 207 Å². The van der Waals surface area contributed by atoms with E-state index in [1.54, 1.807) is 0 Å². The number of nitrogens with zero attached hydrogens (tertiary/aromatic N) is 3. The summed E-state index contributed by atoms with van der Waals surface area (Å²) < 4.78 is 67.7. The Morgan fingerprint density at radius 2 is 2.00 bits per heavy atom. The number of nitrogens with one attached hydrogen (secondary N) is 1. The van der Waals surface area contributed by atoms with Crippen molar-refractivity contribution >= 4 is 28.6 Å². The summed E-state index contributed by atoms with van der Waals surface area (Å²) in [5.74, 6) is 0.259. The van der Waals surface area contributed by atoms with Crippen molar-refractivity contribution in [1.82, 2.24) is 20.2 Å². The second kappa shape index (κ2) is 11.5. The molecule has 13 heteroatoms. The van der Waals surface area contributed by atoms with Crippen LogP contribution in [0.15, 0.2) is 5.38 Å². The van der Waals surface area contributed by atoms with E-state index in [1.807, 2.05) is 0 Å². The van der Waals surface area contributed by atoms with Gasteiger partial charge in [-0.25, -0.2) is 18.7 Å². The zero-order valence-corrected chi connectivity index (χ0v) is 20.6. The van der Waals surface area contributed by atoms with Gasteiger partial charge in [-0.3, -0.25) is 9.69 Å². The number of amides is 1. The first-order valence-electron chi connectivity index (χ1n) is 11.6. The number of carbonyl (C=O) groups excluding carboxylic acids is 1. The molecule has 35 heavy (non-hydrogen) atoms. The van der Waals surface area contributed by atoms with Gasteiger partial charge in [-0.05, 0) is 51.0 Å². The summed E-state index contributed by atoms with van der Waals surface area (Å²) in [6, 6.07) is 0.0404. The Morgan fingerprint density at radius 3 is 2.69 bits per heavy atom. The van der Waals surface area contributed by atoms with Crippen LogP contribution in [0.2, 0.25) is 0 Å². The molecule has 0 unspecified atom stereocenters. The largest absolute Gasteiger partial charge is 0.464 e. The Kier molecular flexibility index (Phi) is 8.59. The van der Waals surface area contributed by atoms with E-state index in [-0.39, 0.29) is 24.1 Å². The Bertz CT molecular complexity index is 989. The molecule has 2 aliphatic rings. The number of rotatable bonds is 9. The van der Waals surface area contributed by atoms with Crippen molar-refractivity contribution in [3.8, 4) is 5.19 Å². The van der Waals surface area contributed by atoms with Gasteiger partial charge in [0, 0.05) is 29.4 Å². The lowest BCUT2D eigenvalue weighted by Crippen LogP contribution is -2.39. The minimum Gasteiger partial charge on any atom is -0.464 e. The maximum absolute atomic E-state index is 12.7. The molecule has 1 aliphatic carbocycles. The topological polar surface area (TPSA) is 67.4 Å². The Hall–Kier alpha value is -1.86. The van der Waals surface area contributed by atoms with E-state index in [0.717, 1.165) is 62.2 Å². The van der Waals surface area contributed by atoms with E-state index in [2.05, 4.69) is 20.2 Å². The molecule has 0 radical (unpaired) electrons. The van der Waals surface area contributed by atoms with E-state index in [1.165, 1.54) is 16.7 Å². The number of ether oxygens (including phenoxy) is 1. The maximum atomic E-state index is 12.7. The predicted octanol–water partition coefficient (Wildman–Crippen LogP) is 4.93. The fraction of sp³-hybridized carbons (Fsp3) is 0.682. The Morgan fingerprint density at radius 1 is 1.23 bits per heavy atom. The van der Waals surface area contributed by atoms with Crippen LogP contribution in [0.4, 0.5) is 22.0 Å². The fourth-order valence-corrected chi connectivity index (χ4v) is 6.14. The second-order valence-corrected chi connectivity index (χ2v) is 10.9. The molecule has 0 aromatic carbocycles.